The van der Waals surface area contributed by atoms with E-state index in [0.717, 1.165) is 0 Å². The second-order valence-corrected chi connectivity index (χ2v) is 5.72. The van der Waals surface area contributed by atoms with Gasteiger partial charge in [-0.25, -0.2) is 0 Å². The lowest BCUT2D eigenvalue weighted by Gasteiger charge is -2.26. The maximum Gasteiger partial charge on any atom is 0.240 e. The summed E-state index contributed by atoms with van der Waals surface area (Å²) >= 11 is 0. The van der Waals surface area contributed by atoms with E-state index in [2.05, 4.69) is 0 Å². The van der Waals surface area contributed by atoms with Crippen LogP contribution in [0.1, 0.15) is 27.2 Å². The van der Waals surface area contributed by atoms with Gasteiger partial charge in [-0.3, -0.25) is 14.5 Å². The molecule has 1 saturated heterocycles. The van der Waals surface area contributed by atoms with Crippen LogP contribution in [0.5, 0.6) is 5.75 Å². The van der Waals surface area contributed by atoms with E-state index in [1.165, 1.54) is 4.90 Å². The van der Waals surface area contributed by atoms with Crippen LogP contribution in [0.2, 0.25) is 0 Å². The van der Waals surface area contributed by atoms with Gasteiger partial charge in [0.1, 0.15) is 11.8 Å². The highest BCUT2D eigenvalue weighted by atomic mass is 16.5. The van der Waals surface area contributed by atoms with Crippen LogP contribution in [0.3, 0.4) is 0 Å². The second-order valence-electron chi connectivity index (χ2n) is 5.72. The highest BCUT2D eigenvalue weighted by molar-refractivity contribution is 6.22. The Morgan fingerprint density at radius 2 is 1.95 bits per heavy atom. The first-order chi connectivity index (χ1) is 9.90. The Labute approximate surface area is 124 Å². The molecule has 5 nitrogen and oxygen atoms in total. The summed E-state index contributed by atoms with van der Waals surface area (Å²) < 4.78 is 5.16. The first-order valence-corrected chi connectivity index (χ1v) is 6.87. The molecule has 1 heterocycles. The molecule has 2 amide bonds. The van der Waals surface area contributed by atoms with Gasteiger partial charge in [-0.1, -0.05) is 13.8 Å². The average Bonchev–Trinajstić information content (AvgIpc) is 2.69. The molecule has 1 aromatic carbocycles. The molecule has 1 aromatic rings. The van der Waals surface area contributed by atoms with Crippen molar-refractivity contribution in [2.75, 3.05) is 11.5 Å². The lowest BCUT2D eigenvalue weighted by molar-refractivity contribution is -0.126. The normalized spacial score (nSPS) is 21.8. The molecule has 5 heteroatoms. The van der Waals surface area contributed by atoms with E-state index in [-0.39, 0.29) is 30.8 Å². The summed E-state index contributed by atoms with van der Waals surface area (Å²) in [6, 6.07) is 8.51. The summed E-state index contributed by atoms with van der Waals surface area (Å²) in [4.78, 5) is 26.0. The number of nitrogens with zero attached hydrogens (tertiary/aromatic N) is 2. The van der Waals surface area contributed by atoms with Crippen LogP contribution in [0, 0.1) is 22.7 Å². The highest BCUT2D eigenvalue weighted by Gasteiger charge is 2.50. The minimum absolute atomic E-state index is 0.0354. The Kier molecular flexibility index (Phi) is 3.99. The van der Waals surface area contributed by atoms with Gasteiger partial charge < -0.3 is 4.74 Å². The summed E-state index contributed by atoms with van der Waals surface area (Å²) in [6.45, 7) is 5.70. The van der Waals surface area contributed by atoms with E-state index >= 15 is 0 Å². The molecule has 0 spiro atoms. The number of benzene rings is 1. The van der Waals surface area contributed by atoms with Crippen molar-refractivity contribution in [3.05, 3.63) is 24.3 Å². The average molecular weight is 286 g/mol. The van der Waals surface area contributed by atoms with E-state index in [4.69, 9.17) is 10.00 Å². The van der Waals surface area contributed by atoms with Gasteiger partial charge in [0.15, 0.2) is 6.61 Å². The van der Waals surface area contributed by atoms with Crippen LogP contribution in [0.25, 0.3) is 0 Å². The van der Waals surface area contributed by atoms with Gasteiger partial charge in [0, 0.05) is 6.42 Å². The lowest BCUT2D eigenvalue weighted by Crippen LogP contribution is -2.36. The Morgan fingerprint density at radius 1 is 1.33 bits per heavy atom. The molecule has 0 aliphatic carbocycles. The van der Waals surface area contributed by atoms with Crippen molar-refractivity contribution in [1.82, 2.24) is 0 Å². The van der Waals surface area contributed by atoms with Gasteiger partial charge in [-0.2, -0.15) is 5.26 Å². The largest absolute Gasteiger partial charge is 0.479 e. The molecule has 1 unspecified atom stereocenters. The Bertz CT molecular complexity index is 601. The molecule has 0 bridgehead atoms. The van der Waals surface area contributed by atoms with Gasteiger partial charge in [0.2, 0.25) is 11.8 Å². The number of nitriles is 1. The number of carbonyl (C=O) groups excluding carboxylic acids is 2. The number of hydrogen-bond acceptors (Lipinski definition) is 4. The van der Waals surface area contributed by atoms with Crippen molar-refractivity contribution < 1.29 is 14.3 Å². The van der Waals surface area contributed by atoms with E-state index in [9.17, 15) is 9.59 Å². The molecule has 2 rings (SSSR count). The standard InChI is InChI=1S/C16H18N2O3/c1-11(2)16(3)10-14(19)18(15(16)20)12-4-6-13(7-5-12)21-9-8-17/h4-7,11H,9-10H2,1-3H3. The van der Waals surface area contributed by atoms with Crippen LogP contribution >= 0.6 is 0 Å². The van der Waals surface area contributed by atoms with Gasteiger partial charge in [-0.05, 0) is 37.1 Å². The lowest BCUT2D eigenvalue weighted by atomic mass is 9.78. The molecule has 0 aromatic heterocycles. The van der Waals surface area contributed by atoms with Crippen molar-refractivity contribution in [1.29, 1.82) is 5.26 Å². The first-order valence-electron chi connectivity index (χ1n) is 6.87. The van der Waals surface area contributed by atoms with Crippen molar-refractivity contribution in [2.24, 2.45) is 11.3 Å². The predicted molar refractivity (Wildman–Crippen MR) is 77.6 cm³/mol. The Morgan fingerprint density at radius 3 is 2.43 bits per heavy atom. The fraction of sp³-hybridized carbons (Fsp3) is 0.438. The van der Waals surface area contributed by atoms with Crippen LogP contribution < -0.4 is 9.64 Å². The zero-order valence-electron chi connectivity index (χ0n) is 12.4. The van der Waals surface area contributed by atoms with Crippen LogP contribution in [-0.4, -0.2) is 18.4 Å². The quantitative estimate of drug-likeness (QED) is 0.797. The molecule has 0 N–H and O–H groups in total. The summed E-state index contributed by atoms with van der Waals surface area (Å²) in [5, 5.41) is 8.46. The maximum absolute atomic E-state index is 12.6. The number of carbonyl (C=O) groups is 2. The summed E-state index contributed by atoms with van der Waals surface area (Å²) in [6.07, 6.45) is 0.232. The van der Waals surface area contributed by atoms with Crippen molar-refractivity contribution in [2.45, 2.75) is 27.2 Å². The third-order valence-corrected chi connectivity index (χ3v) is 4.13. The summed E-state index contributed by atoms with van der Waals surface area (Å²) in [5.41, 5.74) is -0.105. The minimum atomic E-state index is -0.646. The molecule has 1 aliphatic rings. The molecular weight excluding hydrogens is 268 g/mol. The van der Waals surface area contributed by atoms with Crippen molar-refractivity contribution in [3.63, 3.8) is 0 Å². The van der Waals surface area contributed by atoms with Crippen LogP contribution in [0.15, 0.2) is 24.3 Å². The number of hydrogen-bond donors (Lipinski definition) is 0. The zero-order chi connectivity index (χ0) is 15.6. The van der Waals surface area contributed by atoms with E-state index < -0.39 is 5.41 Å². The number of ether oxygens (including phenoxy) is 1. The fourth-order valence-corrected chi connectivity index (χ4v) is 2.36. The monoisotopic (exact) mass is 286 g/mol. The zero-order valence-corrected chi connectivity index (χ0v) is 12.4. The Balaban J connectivity index is 2.24. The predicted octanol–water partition coefficient (Wildman–Crippen LogP) is 2.51. The molecule has 1 aliphatic heterocycles. The second kappa shape index (κ2) is 5.57. The van der Waals surface area contributed by atoms with Gasteiger partial charge >= 0.3 is 0 Å². The molecule has 1 atom stereocenters. The topological polar surface area (TPSA) is 70.4 Å². The van der Waals surface area contributed by atoms with E-state index in [1.54, 1.807) is 24.3 Å². The minimum Gasteiger partial charge on any atom is -0.479 e. The van der Waals surface area contributed by atoms with E-state index in [1.807, 2.05) is 26.8 Å². The third kappa shape index (κ3) is 2.62. The summed E-state index contributed by atoms with van der Waals surface area (Å²) in [7, 11) is 0. The highest BCUT2D eigenvalue weighted by Crippen LogP contribution is 2.41. The maximum atomic E-state index is 12.6. The van der Waals surface area contributed by atoms with Gasteiger partial charge in [-0.15, -0.1) is 0 Å². The van der Waals surface area contributed by atoms with E-state index in [0.29, 0.717) is 11.4 Å². The number of rotatable bonds is 4. The molecule has 1 fully saturated rings. The fourth-order valence-electron chi connectivity index (χ4n) is 2.36. The molecule has 110 valence electrons. The molecule has 0 saturated carbocycles. The smallest absolute Gasteiger partial charge is 0.240 e. The first kappa shape index (κ1) is 15.0. The van der Waals surface area contributed by atoms with Gasteiger partial charge in [0.25, 0.3) is 0 Å². The SMILES string of the molecule is CC(C)C1(C)CC(=O)N(c2ccc(OCC#N)cc2)C1=O. The van der Waals surface area contributed by atoms with Crippen molar-refractivity contribution in [3.8, 4) is 11.8 Å². The van der Waals surface area contributed by atoms with Crippen LogP contribution in [0.4, 0.5) is 5.69 Å². The molecule has 0 radical (unpaired) electrons. The summed E-state index contributed by atoms with van der Waals surface area (Å²) in [5.74, 6) is 0.290. The molecular formula is C16H18N2O3. The number of amides is 2. The third-order valence-electron chi connectivity index (χ3n) is 4.13. The molecule has 21 heavy (non-hydrogen) atoms. The van der Waals surface area contributed by atoms with Gasteiger partial charge in [0.05, 0.1) is 11.1 Å². The van der Waals surface area contributed by atoms with Crippen molar-refractivity contribution >= 4 is 17.5 Å². The van der Waals surface area contributed by atoms with Crippen LogP contribution in [-0.2, 0) is 9.59 Å². The number of imide groups is 1. The Hall–Kier alpha value is -2.35. The number of anilines is 1.